The Balaban J connectivity index is 1.39. The van der Waals surface area contributed by atoms with Crippen LogP contribution in [-0.4, -0.2) is 32.5 Å². The Hall–Kier alpha value is -3.69. The fourth-order valence-electron chi connectivity index (χ4n) is 4.58. The summed E-state index contributed by atoms with van der Waals surface area (Å²) in [6.45, 7) is 5.70. The number of hydrazone groups is 1. The van der Waals surface area contributed by atoms with Crippen LogP contribution in [0.25, 0.3) is 15.9 Å². The average molecular weight is 545 g/mol. The number of hydrogen-bond acceptors (Lipinski definition) is 7. The lowest BCUT2D eigenvalue weighted by Crippen LogP contribution is -2.24. The number of nitrogens with zero attached hydrogens (tertiary/aromatic N) is 3. The van der Waals surface area contributed by atoms with Gasteiger partial charge in [0.05, 0.1) is 23.0 Å². The van der Waals surface area contributed by atoms with Crippen LogP contribution in [0.2, 0.25) is 0 Å². The number of rotatable bonds is 8. The molecule has 7 nitrogen and oxygen atoms in total. The lowest BCUT2D eigenvalue weighted by atomic mass is 9.97. The molecule has 1 amide bonds. The normalized spacial score (nSPS) is 13.1. The van der Waals surface area contributed by atoms with E-state index in [-0.39, 0.29) is 23.0 Å². The van der Waals surface area contributed by atoms with Crippen molar-refractivity contribution in [1.29, 1.82) is 0 Å². The predicted molar refractivity (Wildman–Crippen MR) is 155 cm³/mol. The van der Waals surface area contributed by atoms with E-state index in [9.17, 15) is 14.7 Å². The van der Waals surface area contributed by atoms with Crippen LogP contribution in [0.5, 0.6) is 5.75 Å². The first-order valence-corrected chi connectivity index (χ1v) is 14.3. The third-order valence-electron chi connectivity index (χ3n) is 6.49. The molecule has 5 rings (SSSR count). The van der Waals surface area contributed by atoms with Gasteiger partial charge in [0.15, 0.2) is 5.16 Å². The minimum absolute atomic E-state index is 0.0225. The highest BCUT2D eigenvalue weighted by Gasteiger charge is 2.23. The highest BCUT2D eigenvalue weighted by Crippen LogP contribution is 2.35. The first-order chi connectivity index (χ1) is 18.5. The van der Waals surface area contributed by atoms with Crippen LogP contribution in [0, 0.1) is 6.92 Å². The molecule has 2 heterocycles. The summed E-state index contributed by atoms with van der Waals surface area (Å²) < 4.78 is 1.62. The minimum atomic E-state index is -0.344. The Morgan fingerprint density at radius 1 is 1.24 bits per heavy atom. The van der Waals surface area contributed by atoms with Crippen molar-refractivity contribution in [3.05, 3.63) is 92.6 Å². The first kappa shape index (κ1) is 25.9. The van der Waals surface area contributed by atoms with E-state index in [2.05, 4.69) is 17.1 Å². The summed E-state index contributed by atoms with van der Waals surface area (Å²) in [5, 5.41) is 15.6. The van der Waals surface area contributed by atoms with Crippen molar-refractivity contribution in [3.8, 4) is 11.4 Å². The molecule has 9 heteroatoms. The average Bonchev–Trinajstić information content (AvgIpc) is 3.29. The number of hydrogen-bond donors (Lipinski definition) is 2. The fourth-order valence-corrected chi connectivity index (χ4v) is 6.68. The molecular weight excluding hydrogens is 516 g/mol. The SMILES string of the molecule is C=CCc1cccc(C=NNC(=O)CSc2nc3sc4c(c3c(=O)n2-c2ccc(C)cc2)CCCC4)c1O. The van der Waals surface area contributed by atoms with Crippen molar-refractivity contribution in [2.24, 2.45) is 5.10 Å². The summed E-state index contributed by atoms with van der Waals surface area (Å²) in [6.07, 6.45) is 7.74. The number of aryl methyl sites for hydroxylation is 3. The fraction of sp³-hybridized carbons (Fsp3) is 0.241. The Morgan fingerprint density at radius 2 is 2.03 bits per heavy atom. The van der Waals surface area contributed by atoms with Crippen molar-refractivity contribution in [1.82, 2.24) is 15.0 Å². The zero-order valence-electron chi connectivity index (χ0n) is 21.1. The number of aromatic hydroxyl groups is 1. The van der Waals surface area contributed by atoms with Crippen molar-refractivity contribution < 1.29 is 9.90 Å². The van der Waals surface area contributed by atoms with Gasteiger partial charge in [-0.3, -0.25) is 14.2 Å². The van der Waals surface area contributed by atoms with E-state index in [0.717, 1.165) is 52.9 Å². The molecule has 1 aliphatic carbocycles. The van der Waals surface area contributed by atoms with Gasteiger partial charge in [-0.05, 0) is 68.4 Å². The highest BCUT2D eigenvalue weighted by molar-refractivity contribution is 7.99. The number of phenols is 1. The van der Waals surface area contributed by atoms with E-state index >= 15 is 0 Å². The number of thioether (sulfide) groups is 1. The van der Waals surface area contributed by atoms with Gasteiger partial charge in [0, 0.05) is 10.4 Å². The number of phenolic OH excluding ortho intramolecular Hbond substituents is 1. The summed E-state index contributed by atoms with van der Waals surface area (Å²) in [5.41, 5.74) is 6.60. The van der Waals surface area contributed by atoms with E-state index in [4.69, 9.17) is 4.98 Å². The topological polar surface area (TPSA) is 96.6 Å². The molecule has 0 atom stereocenters. The molecule has 0 aliphatic heterocycles. The maximum atomic E-state index is 13.8. The molecule has 194 valence electrons. The molecular formula is C29H28N4O3S2. The number of fused-ring (bicyclic) bond motifs is 3. The van der Waals surface area contributed by atoms with Gasteiger partial charge in [-0.1, -0.05) is 47.7 Å². The molecule has 2 N–H and O–H groups in total. The minimum Gasteiger partial charge on any atom is -0.507 e. The third-order valence-corrected chi connectivity index (χ3v) is 8.61. The molecule has 2 aromatic heterocycles. The summed E-state index contributed by atoms with van der Waals surface area (Å²) >= 11 is 2.79. The first-order valence-electron chi connectivity index (χ1n) is 12.5. The smallest absolute Gasteiger partial charge is 0.267 e. The zero-order chi connectivity index (χ0) is 26.6. The molecule has 0 fully saturated rings. The summed E-state index contributed by atoms with van der Waals surface area (Å²) in [6, 6.07) is 13.1. The molecule has 0 saturated carbocycles. The molecule has 0 bridgehead atoms. The summed E-state index contributed by atoms with van der Waals surface area (Å²) in [4.78, 5) is 33.3. The maximum Gasteiger partial charge on any atom is 0.267 e. The summed E-state index contributed by atoms with van der Waals surface area (Å²) in [5.74, 6) is -0.212. The monoisotopic (exact) mass is 544 g/mol. The van der Waals surface area contributed by atoms with Crippen LogP contribution in [-0.2, 0) is 24.1 Å². The van der Waals surface area contributed by atoms with E-state index in [1.807, 2.05) is 43.3 Å². The Kier molecular flexibility index (Phi) is 7.76. The third kappa shape index (κ3) is 5.30. The Labute approximate surface area is 228 Å². The van der Waals surface area contributed by atoms with Gasteiger partial charge < -0.3 is 5.11 Å². The molecule has 0 spiro atoms. The molecule has 0 radical (unpaired) electrons. The summed E-state index contributed by atoms with van der Waals surface area (Å²) in [7, 11) is 0. The van der Waals surface area contributed by atoms with Crippen molar-refractivity contribution in [2.45, 2.75) is 44.2 Å². The second kappa shape index (κ2) is 11.4. The molecule has 1 aliphatic rings. The number of allylic oxidation sites excluding steroid dienone is 1. The number of para-hydroxylation sites is 1. The van der Waals surface area contributed by atoms with Gasteiger partial charge in [0.25, 0.3) is 11.5 Å². The van der Waals surface area contributed by atoms with Gasteiger partial charge in [-0.15, -0.1) is 17.9 Å². The van der Waals surface area contributed by atoms with Crippen molar-refractivity contribution in [3.63, 3.8) is 0 Å². The standard InChI is InChI=1S/C29H28N4O3S2/c1-3-7-19-8-6-9-20(26(19)35)16-30-32-24(34)17-37-29-31-27-25(22-10-4-5-11-23(22)38-27)28(36)33(29)21-14-12-18(2)13-15-21/h3,6,8-9,12-16,35H,1,4-5,7,10-11,17H2,2H3,(H,32,34). The van der Waals surface area contributed by atoms with E-state index < -0.39 is 0 Å². The quantitative estimate of drug-likeness (QED) is 0.103. The molecule has 2 aromatic carbocycles. The van der Waals surface area contributed by atoms with E-state index in [1.165, 1.54) is 22.9 Å². The number of nitrogens with one attached hydrogen (secondary N) is 1. The number of amides is 1. The van der Waals surface area contributed by atoms with Crippen LogP contribution in [0.15, 0.2) is 70.2 Å². The lowest BCUT2D eigenvalue weighted by Gasteiger charge is -2.13. The van der Waals surface area contributed by atoms with Gasteiger partial charge in [0.1, 0.15) is 10.6 Å². The van der Waals surface area contributed by atoms with Gasteiger partial charge in [-0.25, -0.2) is 10.4 Å². The number of carbonyl (C=O) groups is 1. The second-order valence-electron chi connectivity index (χ2n) is 9.19. The zero-order valence-corrected chi connectivity index (χ0v) is 22.7. The number of thiophene rings is 1. The lowest BCUT2D eigenvalue weighted by molar-refractivity contribution is -0.118. The van der Waals surface area contributed by atoms with Crippen LogP contribution in [0.1, 0.15) is 40.0 Å². The van der Waals surface area contributed by atoms with E-state index in [1.54, 1.807) is 28.0 Å². The van der Waals surface area contributed by atoms with Crippen molar-refractivity contribution >= 4 is 45.4 Å². The molecule has 0 unspecified atom stereocenters. The van der Waals surface area contributed by atoms with Crippen LogP contribution < -0.4 is 11.0 Å². The predicted octanol–water partition coefficient (Wildman–Crippen LogP) is 5.31. The van der Waals surface area contributed by atoms with Gasteiger partial charge in [0.2, 0.25) is 0 Å². The van der Waals surface area contributed by atoms with Crippen LogP contribution in [0.4, 0.5) is 0 Å². The number of carbonyl (C=O) groups excluding carboxylic acids is 1. The number of aromatic nitrogens is 2. The molecule has 38 heavy (non-hydrogen) atoms. The van der Waals surface area contributed by atoms with E-state index in [0.29, 0.717) is 22.5 Å². The Morgan fingerprint density at radius 3 is 2.82 bits per heavy atom. The highest BCUT2D eigenvalue weighted by atomic mass is 32.2. The van der Waals surface area contributed by atoms with Gasteiger partial charge >= 0.3 is 0 Å². The van der Waals surface area contributed by atoms with Gasteiger partial charge in [-0.2, -0.15) is 5.10 Å². The number of benzene rings is 2. The van der Waals surface area contributed by atoms with Crippen LogP contribution >= 0.6 is 23.1 Å². The van der Waals surface area contributed by atoms with Crippen molar-refractivity contribution in [2.75, 3.05) is 5.75 Å². The largest absolute Gasteiger partial charge is 0.507 e. The molecule has 0 saturated heterocycles. The second-order valence-corrected chi connectivity index (χ2v) is 11.2. The maximum absolute atomic E-state index is 13.8. The van der Waals surface area contributed by atoms with Crippen LogP contribution in [0.3, 0.4) is 0 Å². The Bertz CT molecular complexity index is 1600. The molecule has 4 aromatic rings.